The van der Waals surface area contributed by atoms with Gasteiger partial charge in [0, 0.05) is 29.8 Å². The van der Waals surface area contributed by atoms with Crippen LogP contribution in [0.5, 0.6) is 0 Å². The SMILES string of the molecule is CN=C(N)CCN1c2ccccc2Sc2ccccc21. The quantitative estimate of drug-likeness (QED) is 0.690. The molecule has 0 saturated carbocycles. The maximum absolute atomic E-state index is 5.85. The number of benzene rings is 2. The molecule has 0 aliphatic carbocycles. The zero-order chi connectivity index (χ0) is 13.9. The number of nitrogens with zero attached hydrogens (tertiary/aromatic N) is 2. The van der Waals surface area contributed by atoms with Crippen molar-refractivity contribution in [2.24, 2.45) is 10.7 Å². The van der Waals surface area contributed by atoms with Gasteiger partial charge in [0.2, 0.25) is 0 Å². The number of nitrogens with two attached hydrogens (primary N) is 1. The van der Waals surface area contributed by atoms with E-state index in [4.69, 9.17) is 5.73 Å². The first-order chi connectivity index (χ1) is 9.79. The van der Waals surface area contributed by atoms with E-state index < -0.39 is 0 Å². The lowest BCUT2D eigenvalue weighted by atomic mass is 10.2. The van der Waals surface area contributed by atoms with Crippen LogP contribution in [0.2, 0.25) is 0 Å². The summed E-state index contributed by atoms with van der Waals surface area (Å²) in [6, 6.07) is 17.0. The molecule has 2 N–H and O–H groups in total. The van der Waals surface area contributed by atoms with Crippen molar-refractivity contribution in [2.45, 2.75) is 16.2 Å². The van der Waals surface area contributed by atoms with E-state index in [2.05, 4.69) is 58.4 Å². The Labute approximate surface area is 123 Å². The molecular weight excluding hydrogens is 266 g/mol. The van der Waals surface area contributed by atoms with E-state index in [0.29, 0.717) is 5.84 Å². The summed E-state index contributed by atoms with van der Waals surface area (Å²) in [5.41, 5.74) is 8.35. The molecule has 0 atom stereocenters. The van der Waals surface area contributed by atoms with Crippen molar-refractivity contribution in [3.05, 3.63) is 48.5 Å². The average Bonchev–Trinajstić information content (AvgIpc) is 2.51. The highest BCUT2D eigenvalue weighted by Crippen LogP contribution is 2.47. The Kier molecular flexibility index (Phi) is 3.65. The lowest BCUT2D eigenvalue weighted by Crippen LogP contribution is -2.26. The van der Waals surface area contributed by atoms with Crippen molar-refractivity contribution >= 4 is 29.0 Å². The number of para-hydroxylation sites is 2. The fourth-order valence-electron chi connectivity index (χ4n) is 2.36. The zero-order valence-electron chi connectivity index (χ0n) is 11.4. The Bertz CT molecular complexity index is 606. The van der Waals surface area contributed by atoms with Crippen LogP contribution in [0.4, 0.5) is 11.4 Å². The van der Waals surface area contributed by atoms with E-state index in [9.17, 15) is 0 Å². The van der Waals surface area contributed by atoms with Gasteiger partial charge in [-0.15, -0.1) is 0 Å². The molecule has 0 unspecified atom stereocenters. The molecule has 1 heterocycles. The minimum atomic E-state index is 0.693. The van der Waals surface area contributed by atoms with Gasteiger partial charge in [0.25, 0.3) is 0 Å². The van der Waals surface area contributed by atoms with E-state index in [1.54, 1.807) is 7.05 Å². The number of hydrogen-bond donors (Lipinski definition) is 1. The molecule has 4 heteroatoms. The van der Waals surface area contributed by atoms with E-state index >= 15 is 0 Å². The second kappa shape index (κ2) is 5.59. The number of aliphatic imine (C=N–C) groups is 1. The van der Waals surface area contributed by atoms with Gasteiger partial charge in [-0.05, 0) is 24.3 Å². The highest BCUT2D eigenvalue weighted by atomic mass is 32.2. The van der Waals surface area contributed by atoms with Gasteiger partial charge in [0.05, 0.1) is 17.2 Å². The van der Waals surface area contributed by atoms with Crippen LogP contribution in [0.15, 0.2) is 63.3 Å². The molecule has 2 aromatic carbocycles. The van der Waals surface area contributed by atoms with Gasteiger partial charge in [-0.3, -0.25) is 4.99 Å². The number of anilines is 2. The standard InChI is InChI=1S/C16H17N3S/c1-18-16(17)10-11-19-12-6-2-4-8-14(12)20-15-9-5-3-7-13(15)19/h2-9H,10-11H2,1H3,(H2,17,18). The van der Waals surface area contributed by atoms with Crippen LogP contribution in [0.3, 0.4) is 0 Å². The third kappa shape index (κ3) is 2.39. The predicted molar refractivity (Wildman–Crippen MR) is 86.2 cm³/mol. The van der Waals surface area contributed by atoms with Gasteiger partial charge in [-0.1, -0.05) is 36.0 Å². The van der Waals surface area contributed by atoms with Crippen LogP contribution >= 0.6 is 11.8 Å². The topological polar surface area (TPSA) is 41.6 Å². The summed E-state index contributed by atoms with van der Waals surface area (Å²) in [5.74, 6) is 0.693. The summed E-state index contributed by atoms with van der Waals surface area (Å²) < 4.78 is 0. The first-order valence-electron chi connectivity index (χ1n) is 6.64. The molecule has 102 valence electrons. The van der Waals surface area contributed by atoms with Gasteiger partial charge in [-0.2, -0.15) is 0 Å². The molecule has 0 fully saturated rings. The zero-order valence-corrected chi connectivity index (χ0v) is 12.2. The number of hydrogen-bond acceptors (Lipinski definition) is 3. The van der Waals surface area contributed by atoms with Crippen molar-refractivity contribution in [1.82, 2.24) is 0 Å². The van der Waals surface area contributed by atoms with Crippen LogP contribution in [0, 0.1) is 0 Å². The summed E-state index contributed by atoms with van der Waals surface area (Å²) in [5, 5.41) is 0. The molecule has 3 rings (SSSR count). The van der Waals surface area contributed by atoms with E-state index in [0.717, 1.165) is 13.0 Å². The van der Waals surface area contributed by atoms with E-state index in [-0.39, 0.29) is 0 Å². The monoisotopic (exact) mass is 283 g/mol. The second-order valence-electron chi connectivity index (χ2n) is 4.65. The van der Waals surface area contributed by atoms with Crippen molar-refractivity contribution in [2.75, 3.05) is 18.5 Å². The van der Waals surface area contributed by atoms with Gasteiger partial charge >= 0.3 is 0 Å². The Morgan fingerprint density at radius 2 is 1.60 bits per heavy atom. The van der Waals surface area contributed by atoms with Crippen molar-refractivity contribution in [1.29, 1.82) is 0 Å². The van der Waals surface area contributed by atoms with Crippen molar-refractivity contribution < 1.29 is 0 Å². The lowest BCUT2D eigenvalue weighted by molar-refractivity contribution is 0.926. The van der Waals surface area contributed by atoms with Crippen LogP contribution in [-0.2, 0) is 0 Å². The summed E-state index contributed by atoms with van der Waals surface area (Å²) in [4.78, 5) is 8.96. The molecule has 0 amide bonds. The largest absolute Gasteiger partial charge is 0.387 e. The Morgan fingerprint density at radius 3 is 2.15 bits per heavy atom. The Balaban J connectivity index is 1.99. The highest BCUT2D eigenvalue weighted by Gasteiger charge is 2.22. The summed E-state index contributed by atoms with van der Waals surface area (Å²) in [6.45, 7) is 0.845. The molecule has 3 nitrogen and oxygen atoms in total. The number of fused-ring (bicyclic) bond motifs is 2. The summed E-state index contributed by atoms with van der Waals surface area (Å²) >= 11 is 1.82. The first kappa shape index (κ1) is 13.1. The maximum atomic E-state index is 5.85. The molecule has 0 spiro atoms. The molecule has 0 radical (unpaired) electrons. The minimum absolute atomic E-state index is 0.693. The Hall–Kier alpha value is -1.94. The van der Waals surface area contributed by atoms with Gasteiger partial charge in [0.1, 0.15) is 0 Å². The van der Waals surface area contributed by atoms with Crippen LogP contribution in [-0.4, -0.2) is 19.4 Å². The molecule has 0 aromatic heterocycles. The van der Waals surface area contributed by atoms with Gasteiger partial charge in [-0.25, -0.2) is 0 Å². The molecule has 2 aromatic rings. The van der Waals surface area contributed by atoms with E-state index in [1.807, 2.05) is 11.8 Å². The van der Waals surface area contributed by atoms with Crippen LogP contribution in [0.25, 0.3) is 0 Å². The molecule has 1 aliphatic heterocycles. The maximum Gasteiger partial charge on any atom is 0.0951 e. The fraction of sp³-hybridized carbons (Fsp3) is 0.188. The smallest absolute Gasteiger partial charge is 0.0951 e. The van der Waals surface area contributed by atoms with Gasteiger partial charge in [0.15, 0.2) is 0 Å². The normalized spacial score (nSPS) is 13.8. The number of amidine groups is 1. The minimum Gasteiger partial charge on any atom is -0.387 e. The number of rotatable bonds is 3. The molecule has 0 bridgehead atoms. The van der Waals surface area contributed by atoms with Crippen molar-refractivity contribution in [3.63, 3.8) is 0 Å². The van der Waals surface area contributed by atoms with Gasteiger partial charge < -0.3 is 10.6 Å². The average molecular weight is 283 g/mol. The fourth-order valence-corrected chi connectivity index (χ4v) is 3.46. The molecule has 20 heavy (non-hydrogen) atoms. The molecular formula is C16H17N3S. The third-order valence-electron chi connectivity index (χ3n) is 3.41. The van der Waals surface area contributed by atoms with E-state index in [1.165, 1.54) is 21.2 Å². The second-order valence-corrected chi connectivity index (χ2v) is 5.74. The lowest BCUT2D eigenvalue weighted by Gasteiger charge is -2.32. The molecule has 0 saturated heterocycles. The van der Waals surface area contributed by atoms with Crippen LogP contribution in [0.1, 0.15) is 6.42 Å². The summed E-state index contributed by atoms with van der Waals surface area (Å²) in [6.07, 6.45) is 0.768. The summed E-state index contributed by atoms with van der Waals surface area (Å²) in [7, 11) is 1.74. The third-order valence-corrected chi connectivity index (χ3v) is 4.54. The first-order valence-corrected chi connectivity index (χ1v) is 7.46. The predicted octanol–water partition coefficient (Wildman–Crippen LogP) is 3.67. The van der Waals surface area contributed by atoms with Crippen molar-refractivity contribution in [3.8, 4) is 0 Å². The Morgan fingerprint density at radius 1 is 1.05 bits per heavy atom. The highest BCUT2D eigenvalue weighted by molar-refractivity contribution is 7.99. The molecule has 1 aliphatic rings. The van der Waals surface area contributed by atoms with Crippen LogP contribution < -0.4 is 10.6 Å².